The first-order valence-electron chi connectivity index (χ1n) is 8.92. The Balaban J connectivity index is 1.99. The molecule has 7 nitrogen and oxygen atoms in total. The van der Waals surface area contributed by atoms with Crippen LogP contribution in [-0.4, -0.2) is 55.6 Å². The molecule has 0 aliphatic heterocycles. The number of urea groups is 1. The molecule has 0 saturated heterocycles. The molecule has 0 aromatic heterocycles. The van der Waals surface area contributed by atoms with Crippen molar-refractivity contribution in [2.75, 3.05) is 27.5 Å². The van der Waals surface area contributed by atoms with E-state index in [1.807, 2.05) is 18.4 Å². The topological polar surface area (TPSA) is 88.1 Å². The van der Waals surface area contributed by atoms with Crippen molar-refractivity contribution >= 4 is 23.8 Å². The maximum Gasteiger partial charge on any atom is 0.317 e. The summed E-state index contributed by atoms with van der Waals surface area (Å²) in [6.45, 7) is 0.437. The summed E-state index contributed by atoms with van der Waals surface area (Å²) in [5, 5.41) is 12.1. The van der Waals surface area contributed by atoms with Crippen LogP contribution in [-0.2, 0) is 11.3 Å². The fraction of sp³-hybridized carbons (Fsp3) is 0.579. The summed E-state index contributed by atoms with van der Waals surface area (Å²) >= 11 is 1.59. The maximum absolute atomic E-state index is 12.5. The predicted octanol–water partition coefficient (Wildman–Crippen LogP) is 3.21. The second kappa shape index (κ2) is 9.73. The minimum atomic E-state index is -0.741. The lowest BCUT2D eigenvalue weighted by Crippen LogP contribution is -2.44. The SMILES string of the molecule is COc1cc(CN(C)C(=O)NC2CCC(C(=O)O)CC2)c(SC)cc1OC. The van der Waals surface area contributed by atoms with Gasteiger partial charge in [-0.1, -0.05) is 0 Å². The largest absolute Gasteiger partial charge is 0.493 e. The summed E-state index contributed by atoms with van der Waals surface area (Å²) < 4.78 is 10.7. The van der Waals surface area contributed by atoms with Crippen molar-refractivity contribution in [1.82, 2.24) is 10.2 Å². The molecule has 1 fully saturated rings. The highest BCUT2D eigenvalue weighted by Gasteiger charge is 2.27. The Labute approximate surface area is 164 Å². The third-order valence-corrected chi connectivity index (χ3v) is 5.76. The molecule has 1 aromatic rings. The predicted molar refractivity (Wildman–Crippen MR) is 105 cm³/mol. The van der Waals surface area contributed by atoms with E-state index in [2.05, 4.69) is 5.32 Å². The fourth-order valence-corrected chi connectivity index (χ4v) is 3.92. The van der Waals surface area contributed by atoms with E-state index in [-0.39, 0.29) is 18.0 Å². The van der Waals surface area contributed by atoms with E-state index in [0.717, 1.165) is 10.5 Å². The quantitative estimate of drug-likeness (QED) is 0.688. The summed E-state index contributed by atoms with van der Waals surface area (Å²) in [4.78, 5) is 26.2. The Morgan fingerprint density at radius 2 is 1.78 bits per heavy atom. The Kier molecular flexibility index (Phi) is 7.65. The minimum Gasteiger partial charge on any atom is -0.493 e. The van der Waals surface area contributed by atoms with E-state index in [0.29, 0.717) is 43.7 Å². The summed E-state index contributed by atoms with van der Waals surface area (Å²) in [5.74, 6) is 0.265. The van der Waals surface area contributed by atoms with E-state index in [9.17, 15) is 9.59 Å². The lowest BCUT2D eigenvalue weighted by atomic mass is 9.86. The van der Waals surface area contributed by atoms with Crippen molar-refractivity contribution in [2.24, 2.45) is 5.92 Å². The number of carboxylic acids is 1. The van der Waals surface area contributed by atoms with Crippen LogP contribution in [0, 0.1) is 5.92 Å². The van der Waals surface area contributed by atoms with Crippen molar-refractivity contribution in [3.05, 3.63) is 17.7 Å². The van der Waals surface area contributed by atoms with Crippen molar-refractivity contribution in [3.8, 4) is 11.5 Å². The first-order valence-corrected chi connectivity index (χ1v) is 10.1. The van der Waals surface area contributed by atoms with E-state index in [1.54, 1.807) is 37.9 Å². The van der Waals surface area contributed by atoms with Gasteiger partial charge in [0.2, 0.25) is 0 Å². The number of aliphatic carboxylic acids is 1. The summed E-state index contributed by atoms with van der Waals surface area (Å²) in [5.41, 5.74) is 0.979. The average molecular weight is 397 g/mol. The third-order valence-electron chi connectivity index (χ3n) is 4.94. The third kappa shape index (κ3) is 5.45. The van der Waals surface area contributed by atoms with Gasteiger partial charge in [-0.05, 0) is 49.6 Å². The normalized spacial score (nSPS) is 19.3. The Morgan fingerprint density at radius 1 is 1.19 bits per heavy atom. The van der Waals surface area contributed by atoms with Crippen LogP contribution in [0.4, 0.5) is 4.79 Å². The van der Waals surface area contributed by atoms with Gasteiger partial charge in [-0.25, -0.2) is 4.79 Å². The van der Waals surface area contributed by atoms with Crippen LogP contribution in [0.5, 0.6) is 11.5 Å². The molecule has 0 spiro atoms. The van der Waals surface area contributed by atoms with Crippen molar-refractivity contribution in [1.29, 1.82) is 0 Å². The lowest BCUT2D eigenvalue weighted by molar-refractivity contribution is -0.142. The summed E-state index contributed by atoms with van der Waals surface area (Å²) in [6, 6.07) is 3.68. The second-order valence-corrected chi connectivity index (χ2v) is 7.56. The number of amides is 2. The molecule has 1 aliphatic rings. The van der Waals surface area contributed by atoms with Gasteiger partial charge >= 0.3 is 12.0 Å². The minimum absolute atomic E-state index is 0.0287. The maximum atomic E-state index is 12.5. The van der Waals surface area contributed by atoms with Gasteiger partial charge < -0.3 is 24.8 Å². The number of nitrogens with zero attached hydrogens (tertiary/aromatic N) is 1. The van der Waals surface area contributed by atoms with Crippen LogP contribution in [0.15, 0.2) is 17.0 Å². The van der Waals surface area contributed by atoms with Gasteiger partial charge in [0, 0.05) is 24.5 Å². The molecule has 0 atom stereocenters. The molecule has 1 saturated carbocycles. The van der Waals surface area contributed by atoms with E-state index in [4.69, 9.17) is 14.6 Å². The number of nitrogens with one attached hydrogen (secondary N) is 1. The Bertz CT molecular complexity index is 674. The molecule has 150 valence electrons. The number of benzene rings is 1. The molecular formula is C19H28N2O5S. The van der Waals surface area contributed by atoms with Crippen molar-refractivity contribution in [3.63, 3.8) is 0 Å². The molecule has 1 aromatic carbocycles. The standard InChI is InChI=1S/C19H28N2O5S/c1-21(19(24)20-14-7-5-12(6-8-14)18(22)23)11-13-9-15(25-2)16(26-3)10-17(13)27-4/h9-10,12,14H,5-8,11H2,1-4H3,(H,20,24)(H,22,23). The highest BCUT2D eigenvalue weighted by atomic mass is 32.2. The van der Waals surface area contributed by atoms with Crippen LogP contribution < -0.4 is 14.8 Å². The van der Waals surface area contributed by atoms with Crippen molar-refractivity contribution < 1.29 is 24.2 Å². The first kappa shape index (κ1) is 21.2. The fourth-order valence-electron chi connectivity index (χ4n) is 3.31. The number of hydrogen-bond acceptors (Lipinski definition) is 5. The second-order valence-electron chi connectivity index (χ2n) is 6.71. The molecule has 2 amide bonds. The molecule has 2 N–H and O–H groups in total. The molecule has 0 unspecified atom stereocenters. The van der Waals surface area contributed by atoms with Crippen LogP contribution in [0.1, 0.15) is 31.2 Å². The number of carboxylic acid groups (broad SMARTS) is 1. The molecule has 0 radical (unpaired) electrons. The smallest absolute Gasteiger partial charge is 0.317 e. The van der Waals surface area contributed by atoms with Crippen LogP contribution in [0.3, 0.4) is 0 Å². The highest BCUT2D eigenvalue weighted by molar-refractivity contribution is 7.98. The number of carbonyl (C=O) groups excluding carboxylic acids is 1. The zero-order chi connectivity index (χ0) is 20.0. The van der Waals surface area contributed by atoms with Gasteiger partial charge in [0.1, 0.15) is 0 Å². The van der Waals surface area contributed by atoms with Crippen LogP contribution in [0.25, 0.3) is 0 Å². The van der Waals surface area contributed by atoms with Gasteiger partial charge in [0.25, 0.3) is 0 Å². The molecule has 2 rings (SSSR count). The molecule has 0 bridgehead atoms. The van der Waals surface area contributed by atoms with Crippen LogP contribution in [0.2, 0.25) is 0 Å². The molecule has 1 aliphatic carbocycles. The van der Waals surface area contributed by atoms with Gasteiger partial charge in [-0.3, -0.25) is 4.79 Å². The van der Waals surface area contributed by atoms with E-state index < -0.39 is 5.97 Å². The molecular weight excluding hydrogens is 368 g/mol. The summed E-state index contributed by atoms with van der Waals surface area (Å²) in [7, 11) is 4.93. The van der Waals surface area contributed by atoms with E-state index >= 15 is 0 Å². The lowest BCUT2D eigenvalue weighted by Gasteiger charge is -2.29. The molecule has 0 heterocycles. The van der Waals surface area contributed by atoms with E-state index in [1.165, 1.54) is 0 Å². The highest BCUT2D eigenvalue weighted by Crippen LogP contribution is 2.35. The number of rotatable bonds is 7. The van der Waals surface area contributed by atoms with Gasteiger partial charge in [-0.2, -0.15) is 0 Å². The first-order chi connectivity index (χ1) is 12.9. The number of hydrogen-bond donors (Lipinski definition) is 2. The number of ether oxygens (including phenoxy) is 2. The Morgan fingerprint density at radius 3 is 2.30 bits per heavy atom. The monoisotopic (exact) mass is 396 g/mol. The molecule has 8 heteroatoms. The molecule has 27 heavy (non-hydrogen) atoms. The van der Waals surface area contributed by atoms with Crippen LogP contribution >= 0.6 is 11.8 Å². The van der Waals surface area contributed by atoms with Gasteiger partial charge in [0.05, 0.1) is 20.1 Å². The average Bonchev–Trinajstić information content (AvgIpc) is 2.67. The summed E-state index contributed by atoms with van der Waals surface area (Å²) in [6.07, 6.45) is 4.59. The zero-order valence-electron chi connectivity index (χ0n) is 16.3. The number of thioether (sulfide) groups is 1. The number of carbonyl (C=O) groups is 2. The van der Waals surface area contributed by atoms with Gasteiger partial charge in [0.15, 0.2) is 11.5 Å². The Hall–Kier alpha value is -2.09. The zero-order valence-corrected chi connectivity index (χ0v) is 17.1. The number of methoxy groups -OCH3 is 2. The van der Waals surface area contributed by atoms with Crippen molar-refractivity contribution in [2.45, 2.75) is 43.2 Å². The van der Waals surface area contributed by atoms with Gasteiger partial charge in [-0.15, -0.1) is 11.8 Å².